The first-order valence-corrected chi connectivity index (χ1v) is 7.16. The van der Waals surface area contributed by atoms with Gasteiger partial charge in [0.25, 0.3) is 5.69 Å². The molecule has 0 fully saturated rings. The van der Waals surface area contributed by atoms with Crippen molar-refractivity contribution < 1.29 is 9.72 Å². The van der Waals surface area contributed by atoms with E-state index in [1.807, 2.05) is 0 Å². The standard InChI is InChI=1S/C14H19ClN2O3/c1-2-3-4-5-6-7-14(18)16-13-9-8-11(17(19)20)10-12(13)15/h8-10H,2-7H2,1H3,(H,16,18). The Morgan fingerprint density at radius 1 is 1.30 bits per heavy atom. The summed E-state index contributed by atoms with van der Waals surface area (Å²) in [7, 11) is 0. The number of nitrogens with zero attached hydrogens (tertiary/aromatic N) is 1. The van der Waals surface area contributed by atoms with Gasteiger partial charge in [-0.1, -0.05) is 44.2 Å². The number of hydrogen-bond acceptors (Lipinski definition) is 3. The zero-order valence-electron chi connectivity index (χ0n) is 11.5. The number of rotatable bonds is 8. The number of non-ortho nitro benzene ring substituents is 1. The normalized spacial score (nSPS) is 10.3. The highest BCUT2D eigenvalue weighted by atomic mass is 35.5. The molecule has 1 aromatic rings. The van der Waals surface area contributed by atoms with Gasteiger partial charge in [-0.25, -0.2) is 0 Å². The summed E-state index contributed by atoms with van der Waals surface area (Å²) in [5, 5.41) is 13.4. The van der Waals surface area contributed by atoms with Gasteiger partial charge in [-0.2, -0.15) is 0 Å². The Labute approximate surface area is 123 Å². The quantitative estimate of drug-likeness (QED) is 0.435. The van der Waals surface area contributed by atoms with E-state index in [0.717, 1.165) is 19.3 Å². The fourth-order valence-electron chi connectivity index (χ4n) is 1.82. The molecule has 6 heteroatoms. The second-order valence-corrected chi connectivity index (χ2v) is 5.04. The Morgan fingerprint density at radius 3 is 2.60 bits per heavy atom. The van der Waals surface area contributed by atoms with Crippen molar-refractivity contribution in [1.82, 2.24) is 0 Å². The molecule has 110 valence electrons. The largest absolute Gasteiger partial charge is 0.325 e. The second kappa shape index (κ2) is 8.53. The molecule has 5 nitrogen and oxygen atoms in total. The van der Waals surface area contributed by atoms with Crippen LogP contribution >= 0.6 is 11.6 Å². The van der Waals surface area contributed by atoms with E-state index in [2.05, 4.69) is 12.2 Å². The molecule has 0 aliphatic carbocycles. The zero-order valence-corrected chi connectivity index (χ0v) is 12.3. The van der Waals surface area contributed by atoms with E-state index in [4.69, 9.17) is 11.6 Å². The Bertz CT molecular complexity index is 477. The summed E-state index contributed by atoms with van der Waals surface area (Å²) in [6, 6.07) is 4.01. The summed E-state index contributed by atoms with van der Waals surface area (Å²) in [6.07, 6.45) is 5.82. The average molecular weight is 299 g/mol. The lowest BCUT2D eigenvalue weighted by molar-refractivity contribution is -0.384. The van der Waals surface area contributed by atoms with Gasteiger partial charge in [-0.05, 0) is 12.5 Å². The van der Waals surface area contributed by atoms with Crippen LogP contribution < -0.4 is 5.32 Å². The molecule has 0 aromatic heterocycles. The molecule has 1 N–H and O–H groups in total. The predicted octanol–water partition coefficient (Wildman–Crippen LogP) is 4.55. The number of anilines is 1. The summed E-state index contributed by atoms with van der Waals surface area (Å²) in [5.41, 5.74) is 0.323. The molecule has 0 atom stereocenters. The highest BCUT2D eigenvalue weighted by Crippen LogP contribution is 2.26. The topological polar surface area (TPSA) is 72.2 Å². The fourth-order valence-corrected chi connectivity index (χ4v) is 2.04. The van der Waals surface area contributed by atoms with Crippen LogP contribution in [0.25, 0.3) is 0 Å². The van der Waals surface area contributed by atoms with Gasteiger partial charge < -0.3 is 5.32 Å². The van der Waals surface area contributed by atoms with Crippen LogP contribution in [-0.4, -0.2) is 10.8 Å². The van der Waals surface area contributed by atoms with Crippen LogP contribution in [0.15, 0.2) is 18.2 Å². The van der Waals surface area contributed by atoms with E-state index in [9.17, 15) is 14.9 Å². The van der Waals surface area contributed by atoms with Crippen LogP contribution in [-0.2, 0) is 4.79 Å². The first kappa shape index (κ1) is 16.4. The summed E-state index contributed by atoms with van der Waals surface area (Å²) >= 11 is 5.90. The molecule has 0 bridgehead atoms. The highest BCUT2D eigenvalue weighted by Gasteiger charge is 2.11. The van der Waals surface area contributed by atoms with Crippen LogP contribution in [0.3, 0.4) is 0 Å². The number of hydrogen-bond donors (Lipinski definition) is 1. The molecule has 0 aliphatic rings. The Morgan fingerprint density at radius 2 is 2.00 bits per heavy atom. The van der Waals surface area contributed by atoms with Crippen molar-refractivity contribution >= 4 is 28.9 Å². The minimum atomic E-state index is -0.523. The zero-order chi connectivity index (χ0) is 15.0. The molecule has 0 radical (unpaired) electrons. The van der Waals surface area contributed by atoms with E-state index in [-0.39, 0.29) is 16.6 Å². The van der Waals surface area contributed by atoms with Crippen molar-refractivity contribution in [2.45, 2.75) is 45.4 Å². The van der Waals surface area contributed by atoms with Crippen molar-refractivity contribution in [3.63, 3.8) is 0 Å². The van der Waals surface area contributed by atoms with Gasteiger partial charge in [0.05, 0.1) is 15.6 Å². The first-order chi connectivity index (χ1) is 9.54. The lowest BCUT2D eigenvalue weighted by atomic mass is 10.1. The molecule has 0 aliphatic heterocycles. The number of carbonyl (C=O) groups is 1. The minimum absolute atomic E-state index is 0.0902. The average Bonchev–Trinajstić information content (AvgIpc) is 2.40. The summed E-state index contributed by atoms with van der Waals surface area (Å²) in [4.78, 5) is 21.8. The van der Waals surface area contributed by atoms with Gasteiger partial charge in [0.2, 0.25) is 5.91 Å². The van der Waals surface area contributed by atoms with Crippen molar-refractivity contribution in [3.8, 4) is 0 Å². The monoisotopic (exact) mass is 298 g/mol. The number of halogens is 1. The molecule has 20 heavy (non-hydrogen) atoms. The number of nitro groups is 1. The summed E-state index contributed by atoms with van der Waals surface area (Å²) in [6.45, 7) is 2.14. The molecule has 1 rings (SSSR count). The van der Waals surface area contributed by atoms with Crippen LogP contribution in [0.2, 0.25) is 5.02 Å². The number of amides is 1. The van der Waals surface area contributed by atoms with Crippen LogP contribution in [0.4, 0.5) is 11.4 Å². The Hall–Kier alpha value is -1.62. The first-order valence-electron chi connectivity index (χ1n) is 6.78. The number of nitrogens with one attached hydrogen (secondary N) is 1. The van der Waals surface area contributed by atoms with Crippen molar-refractivity contribution in [3.05, 3.63) is 33.3 Å². The molecule has 0 saturated carbocycles. The molecular formula is C14H19ClN2O3. The maximum Gasteiger partial charge on any atom is 0.271 e. The number of nitro benzene ring substituents is 1. The highest BCUT2D eigenvalue weighted by molar-refractivity contribution is 6.33. The maximum absolute atomic E-state index is 11.7. The van der Waals surface area contributed by atoms with E-state index in [0.29, 0.717) is 12.1 Å². The molecule has 0 unspecified atom stereocenters. The fraction of sp³-hybridized carbons (Fsp3) is 0.500. The molecular weight excluding hydrogens is 280 g/mol. The van der Waals surface area contributed by atoms with E-state index < -0.39 is 4.92 Å². The van der Waals surface area contributed by atoms with Crippen molar-refractivity contribution in [2.24, 2.45) is 0 Å². The molecule has 0 heterocycles. The number of benzene rings is 1. The van der Waals surface area contributed by atoms with E-state index in [1.54, 1.807) is 0 Å². The minimum Gasteiger partial charge on any atom is -0.325 e. The van der Waals surface area contributed by atoms with E-state index >= 15 is 0 Å². The van der Waals surface area contributed by atoms with Gasteiger partial charge in [0.15, 0.2) is 0 Å². The van der Waals surface area contributed by atoms with Gasteiger partial charge in [0, 0.05) is 18.6 Å². The van der Waals surface area contributed by atoms with E-state index in [1.165, 1.54) is 31.0 Å². The van der Waals surface area contributed by atoms with Crippen LogP contribution in [0, 0.1) is 10.1 Å². The Balaban J connectivity index is 2.44. The number of carbonyl (C=O) groups excluding carboxylic acids is 1. The molecule has 1 aromatic carbocycles. The predicted molar refractivity (Wildman–Crippen MR) is 80.1 cm³/mol. The third-order valence-corrected chi connectivity index (χ3v) is 3.26. The molecule has 0 spiro atoms. The van der Waals surface area contributed by atoms with Crippen molar-refractivity contribution in [1.29, 1.82) is 0 Å². The lowest BCUT2D eigenvalue weighted by Crippen LogP contribution is -2.11. The summed E-state index contributed by atoms with van der Waals surface area (Å²) < 4.78 is 0. The molecule has 1 amide bonds. The van der Waals surface area contributed by atoms with Gasteiger partial charge in [-0.15, -0.1) is 0 Å². The smallest absolute Gasteiger partial charge is 0.271 e. The second-order valence-electron chi connectivity index (χ2n) is 4.63. The lowest BCUT2D eigenvalue weighted by Gasteiger charge is -2.07. The third-order valence-electron chi connectivity index (χ3n) is 2.94. The SMILES string of the molecule is CCCCCCCC(=O)Nc1ccc([N+](=O)[O-])cc1Cl. The van der Waals surface area contributed by atoms with Crippen molar-refractivity contribution in [2.75, 3.05) is 5.32 Å². The van der Waals surface area contributed by atoms with Gasteiger partial charge >= 0.3 is 0 Å². The van der Waals surface area contributed by atoms with Gasteiger partial charge in [-0.3, -0.25) is 14.9 Å². The number of unbranched alkanes of at least 4 members (excludes halogenated alkanes) is 4. The molecule has 0 saturated heterocycles. The van der Waals surface area contributed by atoms with Gasteiger partial charge in [0.1, 0.15) is 0 Å². The van der Waals surface area contributed by atoms with Crippen LogP contribution in [0.1, 0.15) is 45.4 Å². The summed E-state index contributed by atoms with van der Waals surface area (Å²) in [5.74, 6) is -0.114. The maximum atomic E-state index is 11.7. The van der Waals surface area contributed by atoms with Crippen LogP contribution in [0.5, 0.6) is 0 Å². The Kier molecular flexibility index (Phi) is 7.01. The third kappa shape index (κ3) is 5.57.